The molecule has 0 aliphatic heterocycles. The second-order valence-electron chi connectivity index (χ2n) is 3.95. The Morgan fingerprint density at radius 2 is 2.22 bits per heavy atom. The van der Waals surface area contributed by atoms with Crippen LogP contribution in [0.25, 0.3) is 0 Å². The summed E-state index contributed by atoms with van der Waals surface area (Å²) in [6, 6.07) is 4.49. The van der Waals surface area contributed by atoms with Gasteiger partial charge >= 0.3 is 0 Å². The Balaban J connectivity index is 2.79. The largest absolute Gasteiger partial charge is 0.330 e. The summed E-state index contributed by atoms with van der Waals surface area (Å²) in [6.45, 7) is 2.40. The molecule has 2 N–H and O–H groups in total. The molecular formula is C11H15BrN2O3S. The molecule has 0 saturated heterocycles. The van der Waals surface area contributed by atoms with Crippen LogP contribution in [0.5, 0.6) is 0 Å². The highest BCUT2D eigenvalue weighted by Gasteiger charge is 2.14. The van der Waals surface area contributed by atoms with Crippen molar-refractivity contribution in [3.05, 3.63) is 38.3 Å². The molecule has 0 bridgehead atoms. The van der Waals surface area contributed by atoms with E-state index in [1.165, 1.54) is 12.1 Å². The van der Waals surface area contributed by atoms with Crippen LogP contribution >= 0.6 is 15.9 Å². The third kappa shape index (κ3) is 4.15. The molecule has 0 aliphatic rings. The highest BCUT2D eigenvalue weighted by atomic mass is 79.9. The highest BCUT2D eigenvalue weighted by molar-refractivity contribution is 9.10. The molecule has 0 heterocycles. The average molecular weight is 335 g/mol. The lowest BCUT2D eigenvalue weighted by Crippen LogP contribution is -2.17. The van der Waals surface area contributed by atoms with E-state index in [1.807, 2.05) is 6.92 Å². The van der Waals surface area contributed by atoms with E-state index < -0.39 is 15.7 Å². The van der Waals surface area contributed by atoms with Crippen molar-refractivity contribution in [3.63, 3.8) is 0 Å². The van der Waals surface area contributed by atoms with Crippen LogP contribution in [0.3, 0.4) is 0 Å². The molecule has 0 amide bonds. The highest BCUT2D eigenvalue weighted by Crippen LogP contribution is 2.24. The van der Waals surface area contributed by atoms with Gasteiger partial charge in [0.15, 0.2) is 0 Å². The van der Waals surface area contributed by atoms with Crippen LogP contribution in [0.4, 0.5) is 5.69 Å². The summed E-state index contributed by atoms with van der Waals surface area (Å²) in [7, 11) is -1.02. The first-order chi connectivity index (χ1) is 8.45. The van der Waals surface area contributed by atoms with Crippen molar-refractivity contribution in [2.75, 3.05) is 6.54 Å². The zero-order chi connectivity index (χ0) is 13.7. The first-order valence-corrected chi connectivity index (χ1v) is 7.63. The molecule has 1 aromatic rings. The summed E-state index contributed by atoms with van der Waals surface area (Å²) >= 11 is 3.27. The molecule has 0 aliphatic carbocycles. The Hall–Kier alpha value is -0.790. The van der Waals surface area contributed by atoms with Gasteiger partial charge in [-0.15, -0.1) is 0 Å². The van der Waals surface area contributed by atoms with Gasteiger partial charge in [-0.05, 0) is 18.5 Å². The third-order valence-corrected chi connectivity index (χ3v) is 5.03. The normalized spacial score (nSPS) is 14.2. The van der Waals surface area contributed by atoms with Crippen LogP contribution < -0.4 is 5.73 Å². The van der Waals surface area contributed by atoms with Crippen molar-refractivity contribution in [2.45, 2.75) is 24.3 Å². The van der Waals surface area contributed by atoms with Crippen molar-refractivity contribution in [1.29, 1.82) is 0 Å². The Kier molecular flexibility index (Phi) is 5.90. The van der Waals surface area contributed by atoms with Crippen molar-refractivity contribution < 1.29 is 9.13 Å². The van der Waals surface area contributed by atoms with Gasteiger partial charge in [0.1, 0.15) is 0 Å². The van der Waals surface area contributed by atoms with Gasteiger partial charge in [-0.25, -0.2) is 0 Å². The van der Waals surface area contributed by atoms with Crippen LogP contribution in [0.2, 0.25) is 0 Å². The molecule has 0 spiro atoms. The summed E-state index contributed by atoms with van der Waals surface area (Å²) in [5.74, 6) is 0.375. The van der Waals surface area contributed by atoms with E-state index in [0.29, 0.717) is 23.2 Å². The Morgan fingerprint density at radius 1 is 1.56 bits per heavy atom. The number of nitrogens with zero attached hydrogens (tertiary/aromatic N) is 1. The second-order valence-corrected chi connectivity index (χ2v) is 6.66. The van der Waals surface area contributed by atoms with Crippen LogP contribution in [-0.2, 0) is 16.6 Å². The number of nitrogens with two attached hydrogens (primary N) is 1. The molecule has 1 aromatic carbocycles. The topological polar surface area (TPSA) is 86.2 Å². The Morgan fingerprint density at radius 3 is 2.72 bits per heavy atom. The molecule has 0 fully saturated rings. The molecule has 2 unspecified atom stereocenters. The summed E-state index contributed by atoms with van der Waals surface area (Å²) < 4.78 is 12.6. The number of hydrogen-bond donors (Lipinski definition) is 1. The minimum Gasteiger partial charge on any atom is -0.330 e. The molecular weight excluding hydrogens is 320 g/mol. The predicted octanol–water partition coefficient (Wildman–Crippen LogP) is 2.34. The standard InChI is InChI=1S/C11H15BrN2O3S/c1-8(4-5-13)18(17)7-9-2-3-10(14(15)16)6-11(9)12/h2-3,6,8H,4-5,7,13H2,1H3. The molecule has 0 saturated carbocycles. The molecule has 2 atom stereocenters. The molecule has 18 heavy (non-hydrogen) atoms. The number of benzene rings is 1. The smallest absolute Gasteiger partial charge is 0.270 e. The lowest BCUT2D eigenvalue weighted by molar-refractivity contribution is -0.384. The number of nitro groups is 1. The van der Waals surface area contributed by atoms with Crippen LogP contribution in [0, 0.1) is 10.1 Å². The van der Waals surface area contributed by atoms with Gasteiger partial charge < -0.3 is 5.73 Å². The van der Waals surface area contributed by atoms with E-state index in [1.54, 1.807) is 6.07 Å². The minimum atomic E-state index is -1.02. The summed E-state index contributed by atoms with van der Waals surface area (Å²) in [5, 5.41) is 10.6. The van der Waals surface area contributed by atoms with Crippen molar-refractivity contribution in [3.8, 4) is 0 Å². The maximum Gasteiger partial charge on any atom is 0.270 e. The van der Waals surface area contributed by atoms with Gasteiger partial charge in [0.2, 0.25) is 0 Å². The average Bonchev–Trinajstić information content (AvgIpc) is 2.31. The number of nitro benzene ring substituents is 1. The number of halogens is 1. The van der Waals surface area contributed by atoms with E-state index >= 15 is 0 Å². The molecule has 5 nitrogen and oxygen atoms in total. The van der Waals surface area contributed by atoms with E-state index in [0.717, 1.165) is 5.56 Å². The summed E-state index contributed by atoms with van der Waals surface area (Å²) in [6.07, 6.45) is 0.706. The number of rotatable bonds is 6. The second kappa shape index (κ2) is 6.96. The van der Waals surface area contributed by atoms with E-state index in [4.69, 9.17) is 5.73 Å². The monoisotopic (exact) mass is 334 g/mol. The summed E-state index contributed by atoms with van der Waals surface area (Å²) in [4.78, 5) is 10.1. The van der Waals surface area contributed by atoms with Gasteiger partial charge in [-0.2, -0.15) is 0 Å². The van der Waals surface area contributed by atoms with Gasteiger partial charge in [0, 0.05) is 38.4 Å². The van der Waals surface area contributed by atoms with Crippen molar-refractivity contribution >= 4 is 32.4 Å². The molecule has 100 valence electrons. The maximum atomic E-state index is 12.0. The SMILES string of the molecule is CC(CCN)S(=O)Cc1ccc([N+](=O)[O-])cc1Br. The quantitative estimate of drug-likeness (QED) is 0.639. The van der Waals surface area contributed by atoms with Gasteiger partial charge in [0.25, 0.3) is 5.69 Å². The fourth-order valence-electron chi connectivity index (χ4n) is 1.43. The Bertz CT molecular complexity index is 468. The van der Waals surface area contributed by atoms with E-state index in [-0.39, 0.29) is 10.9 Å². The first-order valence-electron chi connectivity index (χ1n) is 5.45. The third-order valence-electron chi connectivity index (χ3n) is 2.57. The van der Waals surface area contributed by atoms with Crippen LogP contribution in [0.1, 0.15) is 18.9 Å². The fourth-order valence-corrected chi connectivity index (χ4v) is 3.36. The summed E-state index contributed by atoms with van der Waals surface area (Å²) in [5.41, 5.74) is 6.25. The molecule has 7 heteroatoms. The lowest BCUT2D eigenvalue weighted by atomic mass is 10.2. The van der Waals surface area contributed by atoms with Gasteiger partial charge in [-0.1, -0.05) is 28.9 Å². The first kappa shape index (κ1) is 15.3. The van der Waals surface area contributed by atoms with E-state index in [2.05, 4.69) is 15.9 Å². The van der Waals surface area contributed by atoms with Gasteiger partial charge in [-0.3, -0.25) is 14.3 Å². The van der Waals surface area contributed by atoms with E-state index in [9.17, 15) is 14.3 Å². The fraction of sp³-hybridized carbons (Fsp3) is 0.455. The zero-order valence-corrected chi connectivity index (χ0v) is 12.4. The molecule has 1 rings (SSSR count). The predicted molar refractivity (Wildman–Crippen MR) is 75.8 cm³/mol. The number of non-ortho nitro benzene ring substituents is 1. The van der Waals surface area contributed by atoms with Gasteiger partial charge in [0.05, 0.1) is 4.92 Å². The van der Waals surface area contributed by atoms with Crippen LogP contribution in [-0.4, -0.2) is 20.9 Å². The van der Waals surface area contributed by atoms with Crippen LogP contribution in [0.15, 0.2) is 22.7 Å². The van der Waals surface area contributed by atoms with Crippen molar-refractivity contribution in [2.24, 2.45) is 5.73 Å². The molecule has 0 radical (unpaired) electrons. The number of hydrogen-bond acceptors (Lipinski definition) is 4. The lowest BCUT2D eigenvalue weighted by Gasteiger charge is -2.11. The zero-order valence-electron chi connectivity index (χ0n) is 9.97. The van der Waals surface area contributed by atoms with Crippen molar-refractivity contribution in [1.82, 2.24) is 0 Å². The Labute approximate surface area is 116 Å². The minimum absolute atomic E-state index is 0.0198. The maximum absolute atomic E-state index is 12.0. The molecule has 0 aromatic heterocycles.